The van der Waals surface area contributed by atoms with E-state index in [0.717, 1.165) is 5.56 Å². The molecule has 3 aromatic rings. The van der Waals surface area contributed by atoms with Gasteiger partial charge in [0.05, 0.1) is 18.7 Å². The Balaban J connectivity index is 1.87. The average molecular weight is 461 g/mol. The van der Waals surface area contributed by atoms with Crippen LogP contribution in [0.15, 0.2) is 60.7 Å². The van der Waals surface area contributed by atoms with E-state index in [1.54, 1.807) is 42.5 Å². The maximum atomic E-state index is 13.5. The lowest BCUT2D eigenvalue weighted by Gasteiger charge is -2.23. The summed E-state index contributed by atoms with van der Waals surface area (Å²) in [6.07, 6.45) is 1.07. The number of carbonyl (C=O) groups excluding carboxylic acids is 1. The number of nitriles is 1. The highest BCUT2D eigenvalue weighted by molar-refractivity contribution is 6.33. The van der Waals surface area contributed by atoms with Crippen molar-refractivity contribution in [2.75, 3.05) is 13.7 Å². The van der Waals surface area contributed by atoms with Gasteiger partial charge < -0.3 is 14.7 Å². The fourth-order valence-corrected chi connectivity index (χ4v) is 4.45. The number of carbonyl (C=O) groups is 2. The highest BCUT2D eigenvalue weighted by atomic mass is 35.5. The van der Waals surface area contributed by atoms with Crippen LogP contribution in [0.2, 0.25) is 5.02 Å². The van der Waals surface area contributed by atoms with Crippen LogP contribution in [0.4, 0.5) is 0 Å². The Kier molecular flexibility index (Phi) is 6.34. The predicted octanol–water partition coefficient (Wildman–Crippen LogP) is 5.24. The molecule has 1 unspecified atom stereocenters. The van der Waals surface area contributed by atoms with Crippen LogP contribution in [0.1, 0.15) is 28.8 Å². The number of carboxylic acids is 1. The van der Waals surface area contributed by atoms with E-state index in [0.29, 0.717) is 58.0 Å². The number of hydrogen-bond acceptors (Lipinski definition) is 4. The molecule has 1 atom stereocenters. The number of methoxy groups -OCH3 is 1. The molecule has 0 aliphatic carbocycles. The third-order valence-electron chi connectivity index (χ3n) is 5.87. The smallest absolute Gasteiger partial charge is 0.326 e. The normalized spacial score (nSPS) is 15.2. The lowest BCUT2D eigenvalue weighted by atomic mass is 9.92. The molecule has 0 spiro atoms. The van der Waals surface area contributed by atoms with Crippen molar-refractivity contribution < 1.29 is 19.4 Å². The Morgan fingerprint density at radius 1 is 1.09 bits per heavy atom. The molecule has 1 fully saturated rings. The first-order chi connectivity index (χ1) is 15.9. The minimum atomic E-state index is -1.01. The van der Waals surface area contributed by atoms with E-state index in [1.165, 1.54) is 12.0 Å². The van der Waals surface area contributed by atoms with Crippen LogP contribution in [-0.2, 0) is 4.79 Å². The highest BCUT2D eigenvalue weighted by Gasteiger charge is 2.35. The number of carboxylic acid groups (broad SMARTS) is 1. The number of ether oxygens (including phenoxy) is 1. The van der Waals surface area contributed by atoms with Gasteiger partial charge in [-0.05, 0) is 65.9 Å². The van der Waals surface area contributed by atoms with E-state index >= 15 is 0 Å². The van der Waals surface area contributed by atoms with Gasteiger partial charge in [0.15, 0.2) is 0 Å². The second-order valence-electron chi connectivity index (χ2n) is 7.76. The minimum Gasteiger partial charge on any atom is -0.497 e. The van der Waals surface area contributed by atoms with Crippen LogP contribution in [0, 0.1) is 11.3 Å². The quantitative estimate of drug-likeness (QED) is 0.562. The second-order valence-corrected chi connectivity index (χ2v) is 8.17. The van der Waals surface area contributed by atoms with Gasteiger partial charge in [0, 0.05) is 22.7 Å². The monoisotopic (exact) mass is 460 g/mol. The van der Waals surface area contributed by atoms with Crippen molar-refractivity contribution in [3.8, 4) is 34.1 Å². The fourth-order valence-electron chi connectivity index (χ4n) is 4.22. The van der Waals surface area contributed by atoms with E-state index < -0.39 is 12.0 Å². The minimum absolute atomic E-state index is 0.350. The topological polar surface area (TPSA) is 90.6 Å². The van der Waals surface area contributed by atoms with Gasteiger partial charge in [-0.2, -0.15) is 5.26 Å². The predicted molar refractivity (Wildman–Crippen MR) is 125 cm³/mol. The van der Waals surface area contributed by atoms with Crippen molar-refractivity contribution in [1.29, 1.82) is 5.26 Å². The summed E-state index contributed by atoms with van der Waals surface area (Å²) in [5, 5.41) is 19.7. The average Bonchev–Trinajstić information content (AvgIpc) is 3.33. The second kappa shape index (κ2) is 9.35. The van der Waals surface area contributed by atoms with Crippen LogP contribution in [0.25, 0.3) is 22.3 Å². The zero-order valence-corrected chi connectivity index (χ0v) is 18.7. The number of hydrogen-bond donors (Lipinski definition) is 1. The van der Waals surface area contributed by atoms with Crippen molar-refractivity contribution in [3.05, 3.63) is 76.8 Å². The fraction of sp³-hybridized carbons (Fsp3) is 0.192. The van der Waals surface area contributed by atoms with E-state index in [2.05, 4.69) is 6.07 Å². The Morgan fingerprint density at radius 2 is 1.88 bits per heavy atom. The molecule has 1 amide bonds. The molecule has 6 nitrogen and oxygen atoms in total. The van der Waals surface area contributed by atoms with Crippen LogP contribution in [-0.4, -0.2) is 41.6 Å². The molecule has 0 bridgehead atoms. The molecule has 1 aliphatic rings. The molecule has 0 saturated carbocycles. The van der Waals surface area contributed by atoms with Crippen LogP contribution >= 0.6 is 11.6 Å². The number of halogens is 1. The summed E-state index contributed by atoms with van der Waals surface area (Å²) in [5.41, 5.74) is 3.46. The molecule has 3 aromatic carbocycles. The van der Waals surface area contributed by atoms with Gasteiger partial charge in [-0.1, -0.05) is 35.9 Å². The molecule has 0 aromatic heterocycles. The van der Waals surface area contributed by atoms with Gasteiger partial charge in [0.1, 0.15) is 11.8 Å². The molecule has 0 radical (unpaired) electrons. The van der Waals surface area contributed by atoms with E-state index in [9.17, 15) is 20.0 Å². The van der Waals surface area contributed by atoms with Crippen molar-refractivity contribution in [2.45, 2.75) is 18.9 Å². The van der Waals surface area contributed by atoms with Crippen LogP contribution < -0.4 is 4.74 Å². The number of amides is 1. The standard InChI is InChI=1S/C26H21ClN2O4/c1-33-18-9-11-19(17(13-18)15-28)16-8-10-21(22(14-16)20-5-2-3-6-23(20)27)25(30)29-12-4-7-24(29)26(31)32/h2-3,5-6,8-11,13-14,24H,4,7,12H2,1H3,(H,31,32). The van der Waals surface area contributed by atoms with Crippen LogP contribution in [0.5, 0.6) is 5.75 Å². The maximum Gasteiger partial charge on any atom is 0.326 e. The first kappa shape index (κ1) is 22.4. The van der Waals surface area contributed by atoms with Gasteiger partial charge in [0.2, 0.25) is 0 Å². The van der Waals surface area contributed by atoms with Crippen molar-refractivity contribution >= 4 is 23.5 Å². The number of rotatable bonds is 5. The number of likely N-dealkylation sites (tertiary alicyclic amines) is 1. The summed E-state index contributed by atoms with van der Waals surface area (Å²) >= 11 is 6.48. The first-order valence-electron chi connectivity index (χ1n) is 10.5. The molecular formula is C26H21ClN2O4. The SMILES string of the molecule is COc1ccc(-c2ccc(C(=O)N3CCCC3C(=O)O)c(-c3ccccc3Cl)c2)c(C#N)c1. The van der Waals surface area contributed by atoms with E-state index in [-0.39, 0.29) is 5.91 Å². The summed E-state index contributed by atoms with van der Waals surface area (Å²) in [5.74, 6) is -0.785. The molecule has 7 heteroatoms. The molecule has 1 aliphatic heterocycles. The molecule has 1 N–H and O–H groups in total. The van der Waals surface area contributed by atoms with Gasteiger partial charge in [-0.25, -0.2) is 4.79 Å². The summed E-state index contributed by atoms with van der Waals surface area (Å²) in [6, 6.07) is 19.0. The molecule has 1 heterocycles. The van der Waals surface area contributed by atoms with Crippen molar-refractivity contribution in [2.24, 2.45) is 0 Å². The maximum absolute atomic E-state index is 13.5. The number of benzene rings is 3. The van der Waals surface area contributed by atoms with E-state index in [4.69, 9.17) is 16.3 Å². The molecule has 166 valence electrons. The zero-order chi connectivity index (χ0) is 23.5. The van der Waals surface area contributed by atoms with E-state index in [1.807, 2.05) is 18.2 Å². The summed E-state index contributed by atoms with van der Waals surface area (Å²) < 4.78 is 5.23. The lowest BCUT2D eigenvalue weighted by molar-refractivity contribution is -0.141. The van der Waals surface area contributed by atoms with Gasteiger partial charge in [0.25, 0.3) is 5.91 Å². The summed E-state index contributed by atoms with van der Waals surface area (Å²) in [4.78, 5) is 26.5. The third-order valence-corrected chi connectivity index (χ3v) is 6.20. The third kappa shape index (κ3) is 4.28. The molecule has 4 rings (SSSR count). The summed E-state index contributed by atoms with van der Waals surface area (Å²) in [6.45, 7) is 0.385. The Bertz CT molecular complexity index is 1280. The summed E-state index contributed by atoms with van der Waals surface area (Å²) in [7, 11) is 1.54. The molecule has 33 heavy (non-hydrogen) atoms. The van der Waals surface area contributed by atoms with Gasteiger partial charge in [-0.3, -0.25) is 4.79 Å². The van der Waals surface area contributed by atoms with Crippen molar-refractivity contribution in [1.82, 2.24) is 4.90 Å². The highest BCUT2D eigenvalue weighted by Crippen LogP contribution is 2.36. The first-order valence-corrected chi connectivity index (χ1v) is 10.8. The Hall–Kier alpha value is -3.82. The molecule has 1 saturated heterocycles. The van der Waals surface area contributed by atoms with Crippen molar-refractivity contribution in [3.63, 3.8) is 0 Å². The lowest BCUT2D eigenvalue weighted by Crippen LogP contribution is -2.40. The van der Waals surface area contributed by atoms with Gasteiger partial charge >= 0.3 is 5.97 Å². The van der Waals surface area contributed by atoms with Crippen LogP contribution in [0.3, 0.4) is 0 Å². The zero-order valence-electron chi connectivity index (χ0n) is 17.9. The number of aliphatic carboxylic acids is 1. The molecular weight excluding hydrogens is 440 g/mol. The largest absolute Gasteiger partial charge is 0.497 e. The Labute approximate surface area is 196 Å². The van der Waals surface area contributed by atoms with Gasteiger partial charge in [-0.15, -0.1) is 0 Å². The number of nitrogens with zero attached hydrogens (tertiary/aromatic N) is 2. The Morgan fingerprint density at radius 3 is 2.58 bits per heavy atom.